The number of hydrogen-bond donors (Lipinski definition) is 2. The van der Waals surface area contributed by atoms with Crippen LogP contribution in [0.25, 0.3) is 0 Å². The Kier molecular flexibility index (Phi) is 7.76. The molecular formula is C21H25N3O4S. The Bertz CT molecular complexity index is 980. The summed E-state index contributed by atoms with van der Waals surface area (Å²) in [7, 11) is -3.70. The normalized spacial score (nSPS) is 12.2. The number of nitrogens with zero attached hydrogens (tertiary/aromatic N) is 1. The van der Waals surface area contributed by atoms with Crippen LogP contribution >= 0.6 is 0 Å². The topological polar surface area (TPSA) is 108 Å². The van der Waals surface area contributed by atoms with Crippen molar-refractivity contribution in [1.29, 1.82) is 5.26 Å². The molecule has 0 heterocycles. The molecule has 0 aliphatic heterocycles. The van der Waals surface area contributed by atoms with Crippen molar-refractivity contribution in [3.05, 3.63) is 59.7 Å². The molecule has 0 radical (unpaired) electrons. The lowest BCUT2D eigenvalue weighted by Crippen LogP contribution is -2.27. The molecule has 1 amide bonds. The maximum Gasteiger partial charge on any atom is 0.251 e. The molecule has 2 N–H and O–H groups in total. The van der Waals surface area contributed by atoms with E-state index in [2.05, 4.69) is 10.0 Å². The third-order valence-corrected chi connectivity index (χ3v) is 5.51. The first-order valence-electron chi connectivity index (χ1n) is 9.27. The number of nitriles is 1. The summed E-state index contributed by atoms with van der Waals surface area (Å²) < 4.78 is 32.3. The van der Waals surface area contributed by atoms with Gasteiger partial charge in [0.15, 0.2) is 0 Å². The van der Waals surface area contributed by atoms with E-state index in [1.807, 2.05) is 51.1 Å². The second kappa shape index (κ2) is 10.0. The number of carbonyl (C=O) groups excluding carboxylic acids is 1. The number of benzene rings is 2. The minimum Gasteiger partial charge on any atom is -0.491 e. The molecule has 2 aromatic carbocycles. The molecule has 0 spiro atoms. The van der Waals surface area contributed by atoms with Crippen LogP contribution in [-0.4, -0.2) is 27.0 Å². The maximum atomic E-state index is 12.5. The summed E-state index contributed by atoms with van der Waals surface area (Å²) in [5.41, 5.74) is 1.25. The summed E-state index contributed by atoms with van der Waals surface area (Å²) in [6, 6.07) is 14.8. The first-order chi connectivity index (χ1) is 13.7. The average Bonchev–Trinajstić information content (AvgIpc) is 2.68. The first-order valence-corrected chi connectivity index (χ1v) is 10.8. The Morgan fingerprint density at radius 3 is 2.45 bits per heavy atom. The third-order valence-electron chi connectivity index (χ3n) is 4.03. The van der Waals surface area contributed by atoms with Gasteiger partial charge in [-0.1, -0.05) is 12.1 Å². The van der Waals surface area contributed by atoms with E-state index in [0.717, 1.165) is 11.3 Å². The van der Waals surface area contributed by atoms with Crippen LogP contribution in [0.1, 0.15) is 49.2 Å². The van der Waals surface area contributed by atoms with Gasteiger partial charge in [-0.25, -0.2) is 13.1 Å². The largest absolute Gasteiger partial charge is 0.491 e. The molecule has 2 aromatic rings. The highest BCUT2D eigenvalue weighted by molar-refractivity contribution is 7.89. The lowest BCUT2D eigenvalue weighted by atomic mass is 10.1. The Labute approximate surface area is 171 Å². The van der Waals surface area contributed by atoms with Crippen molar-refractivity contribution in [2.45, 2.75) is 44.2 Å². The highest BCUT2D eigenvalue weighted by Gasteiger charge is 2.16. The number of hydrogen-bond acceptors (Lipinski definition) is 5. The minimum atomic E-state index is -3.70. The monoisotopic (exact) mass is 415 g/mol. The predicted octanol–water partition coefficient (Wildman–Crippen LogP) is 3.16. The molecule has 0 bridgehead atoms. The van der Waals surface area contributed by atoms with E-state index < -0.39 is 10.0 Å². The van der Waals surface area contributed by atoms with Crippen LogP contribution in [0, 0.1) is 11.3 Å². The minimum absolute atomic E-state index is 0.0399. The van der Waals surface area contributed by atoms with Crippen LogP contribution in [0.4, 0.5) is 0 Å². The Hall–Kier alpha value is -2.89. The van der Waals surface area contributed by atoms with Crippen LogP contribution in [0.2, 0.25) is 0 Å². The lowest BCUT2D eigenvalue weighted by Gasteiger charge is -2.17. The zero-order valence-electron chi connectivity index (χ0n) is 16.7. The van der Waals surface area contributed by atoms with E-state index in [1.165, 1.54) is 24.3 Å². The third kappa shape index (κ3) is 6.59. The fourth-order valence-electron chi connectivity index (χ4n) is 2.60. The van der Waals surface area contributed by atoms with Crippen LogP contribution in [0.5, 0.6) is 5.75 Å². The van der Waals surface area contributed by atoms with Crippen LogP contribution in [0.15, 0.2) is 53.4 Å². The van der Waals surface area contributed by atoms with Gasteiger partial charge in [0.2, 0.25) is 10.0 Å². The standard InChI is InChI=1S/C21H25N3O4S/c1-15(2)28-19-7-4-6-18(14-19)16(3)24-21(25)17-8-10-20(11-9-17)29(26,27)23-13-5-12-22/h4,6-11,14-16,23H,5,13H2,1-3H3,(H,24,25). The van der Waals surface area contributed by atoms with Gasteiger partial charge in [-0.05, 0) is 62.7 Å². The summed E-state index contributed by atoms with van der Waals surface area (Å²) in [5.74, 6) is 0.422. The van der Waals surface area contributed by atoms with Crippen molar-refractivity contribution in [3.8, 4) is 11.8 Å². The molecule has 154 valence electrons. The van der Waals surface area contributed by atoms with E-state index in [-0.39, 0.29) is 35.9 Å². The van der Waals surface area contributed by atoms with Gasteiger partial charge in [0, 0.05) is 18.5 Å². The van der Waals surface area contributed by atoms with Gasteiger partial charge in [-0.3, -0.25) is 4.79 Å². The Morgan fingerprint density at radius 1 is 1.14 bits per heavy atom. The second-order valence-corrected chi connectivity index (χ2v) is 8.53. The molecule has 7 nitrogen and oxygen atoms in total. The Morgan fingerprint density at radius 2 is 1.83 bits per heavy atom. The fourth-order valence-corrected chi connectivity index (χ4v) is 3.63. The van der Waals surface area contributed by atoms with E-state index in [1.54, 1.807) is 0 Å². The molecule has 0 aromatic heterocycles. The zero-order valence-corrected chi connectivity index (χ0v) is 17.5. The second-order valence-electron chi connectivity index (χ2n) is 6.76. The summed E-state index contributed by atoms with van der Waals surface area (Å²) in [4.78, 5) is 12.6. The molecule has 0 fully saturated rings. The average molecular weight is 416 g/mol. The molecule has 2 rings (SSSR count). The summed E-state index contributed by atoms with van der Waals surface area (Å²) in [6.07, 6.45) is 0.139. The summed E-state index contributed by atoms with van der Waals surface area (Å²) in [6.45, 7) is 5.80. The lowest BCUT2D eigenvalue weighted by molar-refractivity contribution is 0.0939. The van der Waals surface area contributed by atoms with Crippen LogP contribution < -0.4 is 14.8 Å². The fraction of sp³-hybridized carbons (Fsp3) is 0.333. The molecule has 1 unspecified atom stereocenters. The number of ether oxygens (including phenoxy) is 1. The van der Waals surface area contributed by atoms with Gasteiger partial charge < -0.3 is 10.1 Å². The van der Waals surface area contributed by atoms with Crippen molar-refractivity contribution in [2.75, 3.05) is 6.54 Å². The summed E-state index contributed by atoms with van der Waals surface area (Å²) >= 11 is 0. The first kappa shape index (κ1) is 22.4. The highest BCUT2D eigenvalue weighted by Crippen LogP contribution is 2.20. The van der Waals surface area contributed by atoms with Crippen molar-refractivity contribution >= 4 is 15.9 Å². The molecule has 0 saturated heterocycles. The molecular weight excluding hydrogens is 390 g/mol. The maximum absolute atomic E-state index is 12.5. The predicted molar refractivity (Wildman–Crippen MR) is 110 cm³/mol. The molecule has 0 saturated carbocycles. The van der Waals surface area contributed by atoms with Crippen molar-refractivity contribution in [2.24, 2.45) is 0 Å². The van der Waals surface area contributed by atoms with Gasteiger partial charge >= 0.3 is 0 Å². The van der Waals surface area contributed by atoms with E-state index in [4.69, 9.17) is 10.00 Å². The van der Waals surface area contributed by atoms with E-state index >= 15 is 0 Å². The quantitative estimate of drug-likeness (QED) is 0.612. The smallest absolute Gasteiger partial charge is 0.251 e. The highest BCUT2D eigenvalue weighted by atomic mass is 32.2. The van der Waals surface area contributed by atoms with Crippen LogP contribution in [-0.2, 0) is 10.0 Å². The molecule has 1 atom stereocenters. The summed E-state index contributed by atoms with van der Waals surface area (Å²) in [5, 5.41) is 11.4. The number of nitrogens with one attached hydrogen (secondary N) is 2. The van der Waals surface area contributed by atoms with Gasteiger partial charge in [0.1, 0.15) is 5.75 Å². The molecule has 29 heavy (non-hydrogen) atoms. The molecule has 0 aliphatic carbocycles. The van der Waals surface area contributed by atoms with Gasteiger partial charge in [-0.2, -0.15) is 5.26 Å². The van der Waals surface area contributed by atoms with E-state index in [9.17, 15) is 13.2 Å². The number of rotatable bonds is 9. The van der Waals surface area contributed by atoms with Crippen molar-refractivity contribution < 1.29 is 17.9 Å². The van der Waals surface area contributed by atoms with E-state index in [0.29, 0.717) is 5.56 Å². The number of amides is 1. The Balaban J connectivity index is 2.05. The SMILES string of the molecule is CC(C)Oc1cccc(C(C)NC(=O)c2ccc(S(=O)(=O)NCCC#N)cc2)c1. The van der Waals surface area contributed by atoms with Crippen LogP contribution in [0.3, 0.4) is 0 Å². The van der Waals surface area contributed by atoms with Gasteiger partial charge in [0.05, 0.1) is 23.1 Å². The number of carbonyl (C=O) groups is 1. The zero-order chi connectivity index (χ0) is 21.4. The van der Waals surface area contributed by atoms with Crippen molar-refractivity contribution in [3.63, 3.8) is 0 Å². The number of sulfonamides is 1. The van der Waals surface area contributed by atoms with Gasteiger partial charge in [-0.15, -0.1) is 0 Å². The van der Waals surface area contributed by atoms with Gasteiger partial charge in [0.25, 0.3) is 5.91 Å². The molecule has 8 heteroatoms. The van der Waals surface area contributed by atoms with Crippen molar-refractivity contribution in [1.82, 2.24) is 10.0 Å². The molecule has 0 aliphatic rings.